The number of carbonyl (C=O) groups excluding carboxylic acids is 2. The highest BCUT2D eigenvalue weighted by atomic mass is 16.5. The molecule has 0 aromatic heterocycles. The number of imide groups is 1. The fourth-order valence-electron chi connectivity index (χ4n) is 2.44. The van der Waals surface area contributed by atoms with E-state index in [1.807, 2.05) is 6.08 Å². The second kappa shape index (κ2) is 4.49. The Hall–Kier alpha value is -1.75. The van der Waals surface area contributed by atoms with Crippen molar-refractivity contribution in [3.63, 3.8) is 0 Å². The van der Waals surface area contributed by atoms with Gasteiger partial charge in [-0.3, -0.25) is 9.69 Å². The maximum Gasteiger partial charge on any atom is 0.350 e. The maximum atomic E-state index is 12.2. The third kappa shape index (κ3) is 1.90. The van der Waals surface area contributed by atoms with Crippen molar-refractivity contribution in [2.75, 3.05) is 13.2 Å². The quantitative estimate of drug-likeness (QED) is 0.738. The van der Waals surface area contributed by atoms with Crippen LogP contribution in [0.15, 0.2) is 29.3 Å². The molecule has 0 spiro atoms. The first kappa shape index (κ1) is 11.3. The van der Waals surface area contributed by atoms with Crippen LogP contribution in [0.1, 0.15) is 12.8 Å². The lowest BCUT2D eigenvalue weighted by atomic mass is 9.95. The van der Waals surface area contributed by atoms with E-state index in [4.69, 9.17) is 4.74 Å². The number of allylic oxidation sites excluding steroid dienone is 3. The summed E-state index contributed by atoms with van der Waals surface area (Å²) in [5.74, 6) is -0.602. The van der Waals surface area contributed by atoms with E-state index in [1.165, 1.54) is 4.90 Å². The minimum atomic E-state index is -0.471. The molecular weight excluding hydrogens is 232 g/mol. The number of nitrogens with zero attached hydrogens (tertiary/aromatic N) is 2. The molecule has 2 unspecified atom stereocenters. The van der Waals surface area contributed by atoms with Gasteiger partial charge in [-0.1, -0.05) is 18.2 Å². The van der Waals surface area contributed by atoms with Crippen molar-refractivity contribution in [1.82, 2.24) is 4.90 Å². The Morgan fingerprint density at radius 1 is 1.39 bits per heavy atom. The number of hydrogen-bond donors (Lipinski definition) is 0. The summed E-state index contributed by atoms with van der Waals surface area (Å²) >= 11 is 0. The van der Waals surface area contributed by atoms with Crippen LogP contribution >= 0.6 is 0 Å². The molecule has 1 aliphatic carbocycles. The Morgan fingerprint density at radius 3 is 3.06 bits per heavy atom. The minimum absolute atomic E-state index is 0.0298. The van der Waals surface area contributed by atoms with Crippen molar-refractivity contribution >= 4 is 17.6 Å². The molecule has 94 valence electrons. The highest BCUT2D eigenvalue weighted by Gasteiger charge is 2.37. The Morgan fingerprint density at radius 2 is 2.28 bits per heavy atom. The predicted octanol–water partition coefficient (Wildman–Crippen LogP) is 1.31. The summed E-state index contributed by atoms with van der Waals surface area (Å²) in [5, 5.41) is 0. The molecule has 0 aromatic rings. The van der Waals surface area contributed by atoms with E-state index in [9.17, 15) is 9.59 Å². The van der Waals surface area contributed by atoms with E-state index in [0.717, 1.165) is 12.8 Å². The van der Waals surface area contributed by atoms with Gasteiger partial charge in [-0.25, -0.2) is 4.79 Å². The van der Waals surface area contributed by atoms with Crippen molar-refractivity contribution in [1.29, 1.82) is 0 Å². The number of hydrogen-bond acceptors (Lipinski definition) is 3. The maximum absolute atomic E-state index is 12.2. The number of aliphatic imine (C=N–C) groups is 1. The number of ether oxygens (including phenoxy) is 1. The van der Waals surface area contributed by atoms with Crippen molar-refractivity contribution in [2.45, 2.75) is 18.9 Å². The molecule has 2 atom stereocenters. The van der Waals surface area contributed by atoms with Gasteiger partial charge < -0.3 is 4.74 Å². The number of fused-ring (bicyclic) bond motifs is 1. The van der Waals surface area contributed by atoms with Crippen molar-refractivity contribution in [3.05, 3.63) is 24.3 Å². The summed E-state index contributed by atoms with van der Waals surface area (Å²) in [5.41, 5.74) is 0.538. The molecule has 2 aliphatic heterocycles. The highest BCUT2D eigenvalue weighted by molar-refractivity contribution is 6.21. The van der Waals surface area contributed by atoms with E-state index < -0.39 is 11.9 Å². The topological polar surface area (TPSA) is 59.0 Å². The zero-order valence-electron chi connectivity index (χ0n) is 9.91. The van der Waals surface area contributed by atoms with Gasteiger partial charge in [-0.2, -0.15) is 4.99 Å². The van der Waals surface area contributed by atoms with Crippen molar-refractivity contribution in [3.8, 4) is 0 Å². The van der Waals surface area contributed by atoms with Crippen molar-refractivity contribution < 1.29 is 14.3 Å². The minimum Gasteiger partial charge on any atom is -0.376 e. The Kier molecular flexibility index (Phi) is 2.83. The molecule has 0 aromatic carbocycles. The van der Waals surface area contributed by atoms with E-state index in [1.54, 1.807) is 18.2 Å². The fraction of sp³-hybridized carbons (Fsp3) is 0.462. The number of amides is 3. The first-order valence-corrected chi connectivity index (χ1v) is 6.16. The SMILES string of the molecule is O=C1N=C2C=CC=CC2C(=O)N1CC1CCCO1. The van der Waals surface area contributed by atoms with Gasteiger partial charge in [0.15, 0.2) is 0 Å². The van der Waals surface area contributed by atoms with Crippen LogP contribution in [-0.4, -0.2) is 41.8 Å². The highest BCUT2D eigenvalue weighted by Crippen LogP contribution is 2.22. The van der Waals surface area contributed by atoms with E-state index in [2.05, 4.69) is 4.99 Å². The van der Waals surface area contributed by atoms with Crippen LogP contribution in [0, 0.1) is 5.92 Å². The monoisotopic (exact) mass is 246 g/mol. The second-order valence-corrected chi connectivity index (χ2v) is 4.62. The lowest BCUT2D eigenvalue weighted by Crippen LogP contribution is -2.48. The molecule has 0 radical (unpaired) electrons. The normalized spacial score (nSPS) is 30.7. The average molecular weight is 246 g/mol. The predicted molar refractivity (Wildman–Crippen MR) is 65.3 cm³/mol. The Bertz CT molecular complexity index is 473. The first-order chi connectivity index (χ1) is 8.75. The third-order valence-electron chi connectivity index (χ3n) is 3.40. The zero-order valence-corrected chi connectivity index (χ0v) is 9.91. The summed E-state index contributed by atoms with van der Waals surface area (Å²) < 4.78 is 5.46. The summed E-state index contributed by atoms with van der Waals surface area (Å²) in [4.78, 5) is 29.3. The zero-order chi connectivity index (χ0) is 12.5. The fourth-order valence-corrected chi connectivity index (χ4v) is 2.44. The lowest BCUT2D eigenvalue weighted by molar-refractivity contribution is -0.130. The van der Waals surface area contributed by atoms with Crippen LogP contribution in [0.3, 0.4) is 0 Å². The molecule has 18 heavy (non-hydrogen) atoms. The molecule has 3 aliphatic rings. The Balaban J connectivity index is 1.81. The molecule has 5 nitrogen and oxygen atoms in total. The molecule has 0 bridgehead atoms. The van der Waals surface area contributed by atoms with Crippen LogP contribution in [0.4, 0.5) is 4.79 Å². The van der Waals surface area contributed by atoms with Gasteiger partial charge in [0.25, 0.3) is 0 Å². The Labute approximate surface area is 105 Å². The van der Waals surface area contributed by atoms with E-state index in [-0.39, 0.29) is 12.0 Å². The molecule has 1 fully saturated rings. The molecule has 1 saturated heterocycles. The summed E-state index contributed by atoms with van der Waals surface area (Å²) in [7, 11) is 0. The summed E-state index contributed by atoms with van der Waals surface area (Å²) in [6.07, 6.45) is 8.93. The van der Waals surface area contributed by atoms with Gasteiger partial charge >= 0.3 is 6.03 Å². The molecule has 3 rings (SSSR count). The lowest BCUT2D eigenvalue weighted by Gasteiger charge is -2.29. The summed E-state index contributed by atoms with van der Waals surface area (Å²) in [6, 6.07) is -0.471. The van der Waals surface area contributed by atoms with E-state index in [0.29, 0.717) is 18.9 Å². The van der Waals surface area contributed by atoms with Crippen LogP contribution in [0.2, 0.25) is 0 Å². The number of carbonyl (C=O) groups is 2. The molecule has 0 saturated carbocycles. The average Bonchev–Trinajstić information content (AvgIpc) is 2.87. The van der Waals surface area contributed by atoms with Crippen LogP contribution in [0.5, 0.6) is 0 Å². The first-order valence-electron chi connectivity index (χ1n) is 6.16. The van der Waals surface area contributed by atoms with E-state index >= 15 is 0 Å². The van der Waals surface area contributed by atoms with Gasteiger partial charge in [0.1, 0.15) is 0 Å². The van der Waals surface area contributed by atoms with Crippen LogP contribution in [-0.2, 0) is 9.53 Å². The van der Waals surface area contributed by atoms with Gasteiger partial charge in [0.05, 0.1) is 24.3 Å². The molecule has 5 heteroatoms. The summed E-state index contributed by atoms with van der Waals surface area (Å²) in [6.45, 7) is 1.03. The number of rotatable bonds is 2. The molecule has 3 amide bonds. The van der Waals surface area contributed by atoms with Crippen LogP contribution in [0.25, 0.3) is 0 Å². The largest absolute Gasteiger partial charge is 0.376 e. The smallest absolute Gasteiger partial charge is 0.350 e. The molecule has 0 N–H and O–H groups in total. The van der Waals surface area contributed by atoms with Gasteiger partial charge in [0.2, 0.25) is 5.91 Å². The van der Waals surface area contributed by atoms with Crippen LogP contribution < -0.4 is 0 Å². The van der Waals surface area contributed by atoms with Gasteiger partial charge in [0, 0.05) is 6.61 Å². The second-order valence-electron chi connectivity index (χ2n) is 4.62. The number of urea groups is 1. The third-order valence-corrected chi connectivity index (χ3v) is 3.40. The molecular formula is C13H14N2O3. The standard InChI is InChI=1S/C13H14N2O3/c16-12-10-5-1-2-6-11(10)14-13(17)15(12)8-9-4-3-7-18-9/h1-2,5-6,9-10H,3-4,7-8H2. The van der Waals surface area contributed by atoms with Gasteiger partial charge in [-0.15, -0.1) is 0 Å². The van der Waals surface area contributed by atoms with Gasteiger partial charge in [-0.05, 0) is 18.9 Å². The van der Waals surface area contributed by atoms with Crippen molar-refractivity contribution in [2.24, 2.45) is 10.9 Å². The molecule has 2 heterocycles.